The fourth-order valence-corrected chi connectivity index (χ4v) is 2.36. The SMILES string of the molecule is Cc1c(C(=O)OCC(=O)NCCC(C)C)oc2c(Cl)cccc12. The summed E-state index contributed by atoms with van der Waals surface area (Å²) in [6.45, 7) is 6.12. The van der Waals surface area contributed by atoms with Crippen molar-refractivity contribution >= 4 is 34.4 Å². The summed E-state index contributed by atoms with van der Waals surface area (Å²) < 4.78 is 10.5. The Morgan fingerprint density at radius 1 is 1.35 bits per heavy atom. The summed E-state index contributed by atoms with van der Waals surface area (Å²) in [6.07, 6.45) is 0.876. The molecule has 1 amide bonds. The second kappa shape index (κ2) is 7.51. The summed E-state index contributed by atoms with van der Waals surface area (Å²) in [7, 11) is 0. The minimum Gasteiger partial charge on any atom is -0.450 e. The average molecular weight is 338 g/mol. The van der Waals surface area contributed by atoms with Gasteiger partial charge in [-0.15, -0.1) is 0 Å². The van der Waals surface area contributed by atoms with Gasteiger partial charge in [-0.1, -0.05) is 37.6 Å². The zero-order chi connectivity index (χ0) is 17.0. The van der Waals surface area contributed by atoms with Gasteiger partial charge in [-0.3, -0.25) is 4.79 Å². The van der Waals surface area contributed by atoms with Crippen LogP contribution in [-0.4, -0.2) is 25.0 Å². The van der Waals surface area contributed by atoms with Gasteiger partial charge in [0.05, 0.1) is 5.02 Å². The van der Waals surface area contributed by atoms with E-state index in [1.807, 2.05) is 6.07 Å². The van der Waals surface area contributed by atoms with E-state index in [-0.39, 0.29) is 18.3 Å². The second-order valence-electron chi connectivity index (χ2n) is 5.78. The van der Waals surface area contributed by atoms with E-state index in [0.717, 1.165) is 11.8 Å². The monoisotopic (exact) mass is 337 g/mol. The summed E-state index contributed by atoms with van der Waals surface area (Å²) >= 11 is 6.05. The molecule has 0 fully saturated rings. The lowest BCUT2D eigenvalue weighted by atomic mass is 10.1. The molecule has 2 aromatic rings. The number of aryl methyl sites for hydroxylation is 1. The first-order chi connectivity index (χ1) is 10.9. The zero-order valence-electron chi connectivity index (χ0n) is 13.4. The molecule has 0 saturated heterocycles. The first-order valence-electron chi connectivity index (χ1n) is 7.51. The number of halogens is 1. The number of para-hydroxylation sites is 1. The smallest absolute Gasteiger partial charge is 0.375 e. The molecule has 0 aliphatic heterocycles. The Morgan fingerprint density at radius 3 is 2.74 bits per heavy atom. The van der Waals surface area contributed by atoms with E-state index in [9.17, 15) is 9.59 Å². The molecule has 0 atom stereocenters. The lowest BCUT2D eigenvalue weighted by Gasteiger charge is -2.07. The molecule has 1 heterocycles. The quantitative estimate of drug-likeness (QED) is 0.816. The van der Waals surface area contributed by atoms with Gasteiger partial charge in [-0.05, 0) is 25.3 Å². The van der Waals surface area contributed by atoms with Crippen molar-refractivity contribution in [3.63, 3.8) is 0 Å². The number of fused-ring (bicyclic) bond motifs is 1. The molecule has 23 heavy (non-hydrogen) atoms. The van der Waals surface area contributed by atoms with Crippen molar-refractivity contribution in [1.82, 2.24) is 5.32 Å². The van der Waals surface area contributed by atoms with Crippen LogP contribution in [0.25, 0.3) is 11.0 Å². The van der Waals surface area contributed by atoms with E-state index in [2.05, 4.69) is 19.2 Å². The zero-order valence-corrected chi connectivity index (χ0v) is 14.2. The van der Waals surface area contributed by atoms with Crippen molar-refractivity contribution in [1.29, 1.82) is 0 Å². The number of carbonyl (C=O) groups excluding carboxylic acids is 2. The Balaban J connectivity index is 1.97. The third kappa shape index (κ3) is 4.26. The fourth-order valence-electron chi connectivity index (χ4n) is 2.15. The Morgan fingerprint density at radius 2 is 2.09 bits per heavy atom. The molecule has 1 N–H and O–H groups in total. The highest BCUT2D eigenvalue weighted by molar-refractivity contribution is 6.35. The molecule has 0 saturated carbocycles. The number of furan rings is 1. The maximum atomic E-state index is 12.1. The van der Waals surface area contributed by atoms with Gasteiger partial charge in [-0.25, -0.2) is 4.79 Å². The first kappa shape index (κ1) is 17.3. The van der Waals surface area contributed by atoms with Crippen molar-refractivity contribution in [3.8, 4) is 0 Å². The van der Waals surface area contributed by atoms with Crippen LogP contribution in [0, 0.1) is 12.8 Å². The van der Waals surface area contributed by atoms with Gasteiger partial charge >= 0.3 is 5.97 Å². The van der Waals surface area contributed by atoms with Gasteiger partial charge in [0.1, 0.15) is 0 Å². The Bertz CT molecular complexity index is 721. The fraction of sp³-hybridized carbons (Fsp3) is 0.412. The van der Waals surface area contributed by atoms with Crippen molar-refractivity contribution in [2.24, 2.45) is 5.92 Å². The molecule has 0 unspecified atom stereocenters. The van der Waals surface area contributed by atoms with Gasteiger partial charge in [0.25, 0.3) is 5.91 Å². The van der Waals surface area contributed by atoms with Crippen LogP contribution in [0.5, 0.6) is 0 Å². The third-order valence-corrected chi connectivity index (χ3v) is 3.78. The standard InChI is InChI=1S/C17H20ClNO4/c1-10(2)7-8-19-14(20)9-22-17(21)15-11(3)12-5-4-6-13(18)16(12)23-15/h4-6,10H,7-9H2,1-3H3,(H,19,20). The molecular formula is C17H20ClNO4. The normalized spacial score (nSPS) is 11.0. The summed E-state index contributed by atoms with van der Waals surface area (Å²) in [4.78, 5) is 23.7. The van der Waals surface area contributed by atoms with Crippen LogP contribution in [-0.2, 0) is 9.53 Å². The van der Waals surface area contributed by atoms with E-state index in [0.29, 0.717) is 28.6 Å². The van der Waals surface area contributed by atoms with Crippen molar-refractivity contribution in [2.45, 2.75) is 27.2 Å². The minimum absolute atomic E-state index is 0.0723. The molecule has 1 aromatic carbocycles. The summed E-state index contributed by atoms with van der Waals surface area (Å²) in [5, 5.41) is 3.89. The number of amides is 1. The van der Waals surface area contributed by atoms with Gasteiger partial charge in [0, 0.05) is 17.5 Å². The van der Waals surface area contributed by atoms with Crippen LogP contribution in [0.15, 0.2) is 22.6 Å². The molecule has 1 aromatic heterocycles. The minimum atomic E-state index is -0.672. The van der Waals surface area contributed by atoms with Crippen LogP contribution in [0.1, 0.15) is 36.4 Å². The maximum absolute atomic E-state index is 12.1. The topological polar surface area (TPSA) is 68.5 Å². The number of nitrogens with one attached hydrogen (secondary N) is 1. The molecule has 0 bridgehead atoms. The van der Waals surface area contributed by atoms with Crippen molar-refractivity contribution in [2.75, 3.05) is 13.2 Å². The number of carbonyl (C=O) groups is 2. The van der Waals surface area contributed by atoms with Crippen molar-refractivity contribution < 1.29 is 18.7 Å². The molecule has 124 valence electrons. The second-order valence-corrected chi connectivity index (χ2v) is 6.19. The number of ether oxygens (including phenoxy) is 1. The molecular weight excluding hydrogens is 318 g/mol. The van der Waals surface area contributed by atoms with E-state index in [4.69, 9.17) is 20.8 Å². The lowest BCUT2D eigenvalue weighted by Crippen LogP contribution is -2.30. The van der Waals surface area contributed by atoms with Crippen LogP contribution in [0.2, 0.25) is 5.02 Å². The molecule has 0 aliphatic rings. The maximum Gasteiger partial charge on any atom is 0.375 e. The molecule has 5 nitrogen and oxygen atoms in total. The van der Waals surface area contributed by atoms with Crippen molar-refractivity contribution in [3.05, 3.63) is 34.5 Å². The van der Waals surface area contributed by atoms with E-state index in [1.165, 1.54) is 0 Å². The van der Waals surface area contributed by atoms with Crippen LogP contribution in [0.3, 0.4) is 0 Å². The molecule has 0 radical (unpaired) electrons. The Hall–Kier alpha value is -2.01. The number of hydrogen-bond donors (Lipinski definition) is 1. The first-order valence-corrected chi connectivity index (χ1v) is 7.89. The number of rotatable bonds is 6. The Kier molecular flexibility index (Phi) is 5.66. The van der Waals surface area contributed by atoms with E-state index < -0.39 is 5.97 Å². The van der Waals surface area contributed by atoms with Crippen LogP contribution in [0.4, 0.5) is 0 Å². The van der Waals surface area contributed by atoms with Crippen LogP contribution < -0.4 is 5.32 Å². The van der Waals surface area contributed by atoms with Crippen LogP contribution >= 0.6 is 11.6 Å². The van der Waals surface area contributed by atoms with Gasteiger partial charge in [-0.2, -0.15) is 0 Å². The summed E-state index contributed by atoms with van der Waals surface area (Å²) in [6, 6.07) is 5.28. The van der Waals surface area contributed by atoms with Gasteiger partial charge < -0.3 is 14.5 Å². The van der Waals surface area contributed by atoms with Gasteiger partial charge in [0.2, 0.25) is 5.76 Å². The van der Waals surface area contributed by atoms with E-state index in [1.54, 1.807) is 19.1 Å². The predicted octanol–water partition coefficient (Wildman–Crippen LogP) is 3.71. The number of esters is 1. The number of benzene rings is 1. The largest absolute Gasteiger partial charge is 0.450 e. The predicted molar refractivity (Wildman–Crippen MR) is 88.7 cm³/mol. The molecule has 6 heteroatoms. The van der Waals surface area contributed by atoms with Gasteiger partial charge in [0.15, 0.2) is 12.2 Å². The summed E-state index contributed by atoms with van der Waals surface area (Å²) in [5.74, 6) is -0.427. The Labute approximate surface area is 139 Å². The summed E-state index contributed by atoms with van der Waals surface area (Å²) in [5.41, 5.74) is 1.09. The number of hydrogen-bond acceptors (Lipinski definition) is 4. The highest BCUT2D eigenvalue weighted by atomic mass is 35.5. The van der Waals surface area contributed by atoms with E-state index >= 15 is 0 Å². The lowest BCUT2D eigenvalue weighted by molar-refractivity contribution is -0.124. The highest BCUT2D eigenvalue weighted by Gasteiger charge is 2.21. The third-order valence-electron chi connectivity index (χ3n) is 3.48. The highest BCUT2D eigenvalue weighted by Crippen LogP contribution is 2.30. The molecule has 0 spiro atoms. The molecule has 0 aliphatic carbocycles. The average Bonchev–Trinajstić information content (AvgIpc) is 2.83. The molecule has 2 rings (SSSR count).